The molecule has 2 aromatic heterocycles. The summed E-state index contributed by atoms with van der Waals surface area (Å²) in [4.78, 5) is 33.6. The lowest BCUT2D eigenvalue weighted by Gasteiger charge is -2.09. The number of fused-ring (bicyclic) bond motifs is 1. The highest BCUT2D eigenvalue weighted by atomic mass is 16.2. The predicted molar refractivity (Wildman–Crippen MR) is 116 cm³/mol. The van der Waals surface area contributed by atoms with Crippen molar-refractivity contribution in [2.75, 3.05) is 5.32 Å². The zero-order chi connectivity index (χ0) is 20.9. The van der Waals surface area contributed by atoms with Crippen LogP contribution in [0.2, 0.25) is 0 Å². The molecule has 0 saturated heterocycles. The molecule has 1 amide bonds. The number of hydrogen-bond donors (Lipinski definition) is 1. The van der Waals surface area contributed by atoms with Crippen LogP contribution in [0.15, 0.2) is 78.0 Å². The first-order valence-electron chi connectivity index (χ1n) is 9.38. The molecule has 1 N–H and O–H groups in total. The SMILES string of the molecule is Cc1cccc2c(=O)n(CC(=O)Nc3cccc(C#Cc4ccccn4)c3)cnc12. The maximum absolute atomic E-state index is 12.7. The van der Waals surface area contributed by atoms with Crippen molar-refractivity contribution in [3.8, 4) is 11.8 Å². The molecule has 0 fully saturated rings. The van der Waals surface area contributed by atoms with E-state index in [0.717, 1.165) is 11.1 Å². The highest BCUT2D eigenvalue weighted by Gasteiger charge is 2.09. The number of anilines is 1. The molecule has 0 aliphatic rings. The summed E-state index contributed by atoms with van der Waals surface area (Å²) in [6.45, 7) is 1.77. The number of aryl methyl sites for hydroxylation is 1. The third kappa shape index (κ3) is 4.26. The molecule has 2 heterocycles. The molecular weight excluding hydrogens is 376 g/mol. The molecule has 0 saturated carbocycles. The standard InChI is InChI=1S/C24H18N4O2/c1-17-6-4-10-21-23(17)26-16-28(24(21)30)15-22(29)27-20-9-5-7-18(14-20)11-12-19-8-2-3-13-25-19/h2-10,13-14,16H,15H2,1H3,(H,27,29). The molecule has 6 heteroatoms. The molecule has 4 rings (SSSR count). The highest BCUT2D eigenvalue weighted by Crippen LogP contribution is 2.12. The second kappa shape index (κ2) is 8.41. The number of nitrogens with zero attached hydrogens (tertiary/aromatic N) is 3. The Balaban J connectivity index is 1.50. The van der Waals surface area contributed by atoms with Gasteiger partial charge in [0.25, 0.3) is 5.56 Å². The van der Waals surface area contributed by atoms with Crippen molar-refractivity contribution in [3.63, 3.8) is 0 Å². The number of amides is 1. The van der Waals surface area contributed by atoms with E-state index >= 15 is 0 Å². The van der Waals surface area contributed by atoms with Crippen LogP contribution < -0.4 is 10.9 Å². The Kier molecular flexibility index (Phi) is 5.35. The summed E-state index contributed by atoms with van der Waals surface area (Å²) in [5, 5.41) is 3.30. The van der Waals surface area contributed by atoms with E-state index in [1.807, 2.05) is 49.4 Å². The van der Waals surface area contributed by atoms with Crippen LogP contribution in [0.4, 0.5) is 5.69 Å². The number of rotatable bonds is 3. The molecule has 0 aliphatic heterocycles. The van der Waals surface area contributed by atoms with Gasteiger partial charge in [0, 0.05) is 17.4 Å². The maximum atomic E-state index is 12.7. The number of hydrogen-bond acceptors (Lipinski definition) is 4. The molecule has 6 nitrogen and oxygen atoms in total. The van der Waals surface area contributed by atoms with Crippen molar-refractivity contribution in [1.82, 2.24) is 14.5 Å². The van der Waals surface area contributed by atoms with Gasteiger partial charge in [-0.25, -0.2) is 9.97 Å². The van der Waals surface area contributed by atoms with Gasteiger partial charge in [-0.2, -0.15) is 0 Å². The quantitative estimate of drug-likeness (QED) is 0.542. The molecular formula is C24H18N4O2. The highest BCUT2D eigenvalue weighted by molar-refractivity contribution is 5.91. The Hall–Kier alpha value is -4.24. The van der Waals surface area contributed by atoms with E-state index in [-0.39, 0.29) is 18.0 Å². The summed E-state index contributed by atoms with van der Waals surface area (Å²) < 4.78 is 1.31. The van der Waals surface area contributed by atoms with Gasteiger partial charge < -0.3 is 5.32 Å². The first-order valence-corrected chi connectivity index (χ1v) is 9.38. The number of nitrogens with one attached hydrogen (secondary N) is 1. The van der Waals surface area contributed by atoms with Gasteiger partial charge in [0.1, 0.15) is 12.2 Å². The largest absolute Gasteiger partial charge is 0.324 e. The minimum absolute atomic E-state index is 0.125. The predicted octanol–water partition coefficient (Wildman–Crippen LogP) is 3.14. The van der Waals surface area contributed by atoms with Gasteiger partial charge in [-0.3, -0.25) is 14.2 Å². The molecule has 0 radical (unpaired) electrons. The molecule has 2 aromatic carbocycles. The van der Waals surface area contributed by atoms with Crippen LogP contribution in [-0.4, -0.2) is 20.4 Å². The van der Waals surface area contributed by atoms with Gasteiger partial charge in [-0.05, 0) is 54.8 Å². The molecule has 0 bridgehead atoms. The maximum Gasteiger partial charge on any atom is 0.261 e. The molecule has 0 atom stereocenters. The van der Waals surface area contributed by atoms with Crippen LogP contribution in [-0.2, 0) is 11.3 Å². The van der Waals surface area contributed by atoms with Crippen molar-refractivity contribution in [2.24, 2.45) is 0 Å². The lowest BCUT2D eigenvalue weighted by molar-refractivity contribution is -0.116. The van der Waals surface area contributed by atoms with Crippen LogP contribution in [0, 0.1) is 18.8 Å². The number of aromatic nitrogens is 3. The fourth-order valence-electron chi connectivity index (χ4n) is 3.05. The van der Waals surface area contributed by atoms with E-state index in [1.165, 1.54) is 10.9 Å². The minimum atomic E-state index is -0.319. The summed E-state index contributed by atoms with van der Waals surface area (Å²) in [5.41, 5.74) is 3.35. The monoisotopic (exact) mass is 394 g/mol. The third-order valence-electron chi connectivity index (χ3n) is 4.52. The van der Waals surface area contributed by atoms with E-state index in [4.69, 9.17) is 0 Å². The van der Waals surface area contributed by atoms with Gasteiger partial charge >= 0.3 is 0 Å². The van der Waals surface area contributed by atoms with Crippen molar-refractivity contribution in [2.45, 2.75) is 13.5 Å². The van der Waals surface area contributed by atoms with E-state index in [1.54, 1.807) is 24.4 Å². The van der Waals surface area contributed by atoms with E-state index in [2.05, 4.69) is 27.1 Å². The van der Waals surface area contributed by atoms with Gasteiger partial charge in [0.15, 0.2) is 0 Å². The lowest BCUT2D eigenvalue weighted by atomic mass is 10.1. The molecule has 30 heavy (non-hydrogen) atoms. The summed E-state index contributed by atoms with van der Waals surface area (Å²) in [5.74, 6) is 5.69. The Morgan fingerprint density at radius 3 is 2.73 bits per heavy atom. The van der Waals surface area contributed by atoms with Crippen LogP contribution in [0.5, 0.6) is 0 Å². The van der Waals surface area contributed by atoms with Crippen molar-refractivity contribution < 1.29 is 4.79 Å². The van der Waals surface area contributed by atoms with Crippen molar-refractivity contribution in [1.29, 1.82) is 0 Å². The number of carbonyl (C=O) groups is 1. The number of para-hydroxylation sites is 1. The lowest BCUT2D eigenvalue weighted by Crippen LogP contribution is -2.28. The van der Waals surface area contributed by atoms with Gasteiger partial charge in [-0.1, -0.05) is 30.2 Å². The van der Waals surface area contributed by atoms with Crippen molar-refractivity contribution in [3.05, 3.63) is 100 Å². The summed E-state index contributed by atoms with van der Waals surface area (Å²) in [6.07, 6.45) is 3.09. The smallest absolute Gasteiger partial charge is 0.261 e. The third-order valence-corrected chi connectivity index (χ3v) is 4.52. The number of benzene rings is 2. The first kappa shape index (κ1) is 19.1. The van der Waals surface area contributed by atoms with Crippen LogP contribution in [0.3, 0.4) is 0 Å². The van der Waals surface area contributed by atoms with Crippen molar-refractivity contribution >= 4 is 22.5 Å². The Morgan fingerprint density at radius 2 is 1.90 bits per heavy atom. The second-order valence-corrected chi connectivity index (χ2v) is 6.74. The Morgan fingerprint density at radius 1 is 1.03 bits per heavy atom. The molecule has 4 aromatic rings. The summed E-state index contributed by atoms with van der Waals surface area (Å²) >= 11 is 0. The van der Waals surface area contributed by atoms with Crippen LogP contribution in [0.1, 0.15) is 16.8 Å². The minimum Gasteiger partial charge on any atom is -0.324 e. The Labute approximate surface area is 173 Å². The summed E-state index contributed by atoms with van der Waals surface area (Å²) in [6, 6.07) is 18.2. The van der Waals surface area contributed by atoms with Gasteiger partial charge in [0.2, 0.25) is 5.91 Å². The second-order valence-electron chi connectivity index (χ2n) is 6.74. The van der Waals surface area contributed by atoms with E-state index < -0.39 is 0 Å². The fourth-order valence-corrected chi connectivity index (χ4v) is 3.05. The molecule has 0 spiro atoms. The van der Waals surface area contributed by atoms with Gasteiger partial charge in [-0.15, -0.1) is 0 Å². The van der Waals surface area contributed by atoms with Crippen LogP contribution >= 0.6 is 0 Å². The van der Waals surface area contributed by atoms with E-state index in [0.29, 0.717) is 22.3 Å². The van der Waals surface area contributed by atoms with Gasteiger partial charge in [0.05, 0.1) is 17.2 Å². The first-order chi connectivity index (χ1) is 14.6. The average molecular weight is 394 g/mol. The van der Waals surface area contributed by atoms with Crippen LogP contribution in [0.25, 0.3) is 10.9 Å². The number of carbonyl (C=O) groups excluding carboxylic acids is 1. The van der Waals surface area contributed by atoms with E-state index in [9.17, 15) is 9.59 Å². The molecule has 0 unspecified atom stereocenters. The Bertz CT molecular complexity index is 1350. The zero-order valence-electron chi connectivity index (χ0n) is 16.3. The topological polar surface area (TPSA) is 76.9 Å². The fraction of sp³-hybridized carbons (Fsp3) is 0.0833. The molecule has 146 valence electrons. The average Bonchev–Trinajstić information content (AvgIpc) is 2.76. The summed E-state index contributed by atoms with van der Waals surface area (Å²) in [7, 11) is 0. The zero-order valence-corrected chi connectivity index (χ0v) is 16.3. The normalized spacial score (nSPS) is 10.3. The molecule has 0 aliphatic carbocycles. The number of pyridine rings is 1.